The second-order valence-electron chi connectivity index (χ2n) is 4.66. The summed E-state index contributed by atoms with van der Waals surface area (Å²) in [6, 6.07) is 1.84. The van der Waals surface area contributed by atoms with Gasteiger partial charge in [0.25, 0.3) is 0 Å². The third-order valence-electron chi connectivity index (χ3n) is 3.49. The van der Waals surface area contributed by atoms with E-state index in [1.165, 1.54) is 25.6 Å². The highest BCUT2D eigenvalue weighted by molar-refractivity contribution is 6.18. The molecule has 0 bridgehead atoms. The maximum atomic E-state index is 5.98. The molecule has 18 heavy (non-hydrogen) atoms. The minimum Gasteiger partial charge on any atom is -0.478 e. The van der Waals surface area contributed by atoms with E-state index in [1.807, 2.05) is 13.0 Å². The molecule has 4 nitrogen and oxygen atoms in total. The maximum Gasteiger partial charge on any atom is 0.218 e. The number of alkyl halides is 1. The molecular weight excluding hydrogens is 250 g/mol. The highest BCUT2D eigenvalue weighted by atomic mass is 35.5. The van der Waals surface area contributed by atoms with Gasteiger partial charge in [0.2, 0.25) is 5.88 Å². The number of nitrogens with zero attached hydrogens (tertiary/aromatic N) is 2. The number of ether oxygens (including phenoxy) is 1. The lowest BCUT2D eigenvalue weighted by molar-refractivity contribution is 0.326. The summed E-state index contributed by atoms with van der Waals surface area (Å²) in [4.78, 5) is 8.24. The number of aromatic nitrogens is 2. The van der Waals surface area contributed by atoms with Crippen molar-refractivity contribution >= 4 is 17.4 Å². The van der Waals surface area contributed by atoms with Crippen molar-refractivity contribution in [3.63, 3.8) is 0 Å². The average Bonchev–Trinajstić information content (AvgIpc) is 2.84. The van der Waals surface area contributed by atoms with Gasteiger partial charge in [-0.15, -0.1) is 11.6 Å². The smallest absolute Gasteiger partial charge is 0.218 e. The minimum atomic E-state index is 0.618. The number of hydrogen-bond acceptors (Lipinski definition) is 4. The van der Waals surface area contributed by atoms with Gasteiger partial charge in [0.05, 0.1) is 6.61 Å². The molecule has 1 N–H and O–H groups in total. The van der Waals surface area contributed by atoms with Crippen LogP contribution in [0.15, 0.2) is 12.4 Å². The van der Waals surface area contributed by atoms with Crippen LogP contribution in [0.5, 0.6) is 5.88 Å². The van der Waals surface area contributed by atoms with Crippen LogP contribution in [0.25, 0.3) is 0 Å². The molecule has 0 spiro atoms. The lowest BCUT2D eigenvalue weighted by Crippen LogP contribution is -2.19. The predicted molar refractivity (Wildman–Crippen MR) is 73.2 cm³/mol. The molecule has 1 aliphatic rings. The van der Waals surface area contributed by atoms with Crippen molar-refractivity contribution in [1.29, 1.82) is 0 Å². The Kier molecular flexibility index (Phi) is 5.05. The summed E-state index contributed by atoms with van der Waals surface area (Å²) < 4.78 is 5.35. The quantitative estimate of drug-likeness (QED) is 0.807. The Bertz CT molecular complexity index is 375. The monoisotopic (exact) mass is 269 g/mol. The third kappa shape index (κ3) is 3.48. The molecule has 1 aromatic heterocycles. The number of nitrogens with one attached hydrogen (secondary N) is 1. The molecule has 1 aliphatic carbocycles. The first-order valence-electron chi connectivity index (χ1n) is 6.58. The van der Waals surface area contributed by atoms with E-state index < -0.39 is 0 Å². The molecule has 0 aromatic carbocycles. The van der Waals surface area contributed by atoms with Gasteiger partial charge >= 0.3 is 0 Å². The summed E-state index contributed by atoms with van der Waals surface area (Å²) in [5, 5.41) is 3.36. The lowest BCUT2D eigenvalue weighted by Gasteiger charge is -2.18. The highest BCUT2D eigenvalue weighted by Gasteiger charge is 2.26. The van der Waals surface area contributed by atoms with E-state index in [2.05, 4.69) is 15.3 Å². The van der Waals surface area contributed by atoms with E-state index in [1.54, 1.807) is 0 Å². The zero-order valence-electron chi connectivity index (χ0n) is 10.7. The maximum absolute atomic E-state index is 5.98. The van der Waals surface area contributed by atoms with Crippen molar-refractivity contribution in [2.75, 3.05) is 24.3 Å². The molecule has 5 heteroatoms. The van der Waals surface area contributed by atoms with Crippen LogP contribution in [0.3, 0.4) is 0 Å². The Morgan fingerprint density at radius 2 is 2.22 bits per heavy atom. The van der Waals surface area contributed by atoms with Gasteiger partial charge in [0.15, 0.2) is 0 Å². The zero-order chi connectivity index (χ0) is 12.8. The molecule has 0 aliphatic heterocycles. The van der Waals surface area contributed by atoms with Crippen LogP contribution in [0.1, 0.15) is 26.2 Å². The number of hydrogen-bond donors (Lipinski definition) is 1. The number of halogens is 1. The Morgan fingerprint density at radius 3 is 3.00 bits per heavy atom. The van der Waals surface area contributed by atoms with Crippen molar-refractivity contribution in [2.24, 2.45) is 11.8 Å². The van der Waals surface area contributed by atoms with Crippen molar-refractivity contribution in [3.05, 3.63) is 12.4 Å². The molecule has 1 fully saturated rings. The van der Waals surface area contributed by atoms with Gasteiger partial charge in [0, 0.05) is 18.5 Å². The van der Waals surface area contributed by atoms with Crippen LogP contribution in [0.2, 0.25) is 0 Å². The van der Waals surface area contributed by atoms with Gasteiger partial charge in [-0.25, -0.2) is 9.97 Å². The molecular formula is C13H20ClN3O. The molecule has 0 saturated heterocycles. The predicted octanol–water partition coefficient (Wildman–Crippen LogP) is 2.94. The summed E-state index contributed by atoms with van der Waals surface area (Å²) in [7, 11) is 0. The average molecular weight is 270 g/mol. The first kappa shape index (κ1) is 13.4. The normalized spacial score (nSPS) is 23.0. The summed E-state index contributed by atoms with van der Waals surface area (Å²) in [6.07, 6.45) is 5.33. The van der Waals surface area contributed by atoms with E-state index in [0.29, 0.717) is 24.3 Å². The molecule has 2 atom stereocenters. The minimum absolute atomic E-state index is 0.618. The molecule has 1 heterocycles. The third-order valence-corrected chi connectivity index (χ3v) is 3.89. The van der Waals surface area contributed by atoms with Crippen LogP contribution in [-0.4, -0.2) is 29.0 Å². The standard InChI is InChI=1S/C13H20ClN3O/c1-2-18-13-6-12(16-9-17-13)15-8-11-5-3-4-10(11)7-14/h6,9-11H,2-5,7-8H2,1H3,(H,15,16,17). The molecule has 1 aromatic rings. The topological polar surface area (TPSA) is 47.0 Å². The van der Waals surface area contributed by atoms with E-state index in [4.69, 9.17) is 16.3 Å². The Balaban J connectivity index is 1.87. The van der Waals surface area contributed by atoms with Crippen molar-refractivity contribution < 1.29 is 4.74 Å². The second-order valence-corrected chi connectivity index (χ2v) is 4.97. The molecule has 1 saturated carbocycles. The second kappa shape index (κ2) is 6.78. The first-order chi connectivity index (χ1) is 8.83. The van der Waals surface area contributed by atoms with Crippen LogP contribution in [0.4, 0.5) is 5.82 Å². The van der Waals surface area contributed by atoms with Gasteiger partial charge in [-0.1, -0.05) is 6.42 Å². The summed E-state index contributed by atoms with van der Waals surface area (Å²) in [5.41, 5.74) is 0. The van der Waals surface area contributed by atoms with Gasteiger partial charge in [-0.05, 0) is 31.6 Å². The lowest BCUT2D eigenvalue weighted by atomic mass is 9.98. The van der Waals surface area contributed by atoms with Crippen LogP contribution >= 0.6 is 11.6 Å². The zero-order valence-corrected chi connectivity index (χ0v) is 11.5. The molecule has 2 unspecified atom stereocenters. The molecule has 0 radical (unpaired) electrons. The van der Waals surface area contributed by atoms with E-state index in [9.17, 15) is 0 Å². The van der Waals surface area contributed by atoms with Crippen molar-refractivity contribution in [2.45, 2.75) is 26.2 Å². The van der Waals surface area contributed by atoms with E-state index in [0.717, 1.165) is 18.2 Å². The fraction of sp³-hybridized carbons (Fsp3) is 0.692. The highest BCUT2D eigenvalue weighted by Crippen LogP contribution is 2.32. The van der Waals surface area contributed by atoms with E-state index >= 15 is 0 Å². The SMILES string of the molecule is CCOc1cc(NCC2CCCC2CCl)ncn1. The Morgan fingerprint density at radius 1 is 1.39 bits per heavy atom. The summed E-state index contributed by atoms with van der Waals surface area (Å²) in [5.74, 6) is 3.52. The summed E-state index contributed by atoms with van der Waals surface area (Å²) in [6.45, 7) is 3.49. The number of anilines is 1. The molecule has 2 rings (SSSR count). The van der Waals surface area contributed by atoms with Crippen LogP contribution in [0, 0.1) is 11.8 Å². The molecule has 0 amide bonds. The Hall–Kier alpha value is -1.03. The van der Waals surface area contributed by atoms with Crippen LogP contribution < -0.4 is 10.1 Å². The van der Waals surface area contributed by atoms with Crippen molar-refractivity contribution in [3.8, 4) is 5.88 Å². The van der Waals surface area contributed by atoms with Crippen LogP contribution in [-0.2, 0) is 0 Å². The largest absolute Gasteiger partial charge is 0.478 e. The fourth-order valence-electron chi connectivity index (χ4n) is 2.48. The summed E-state index contributed by atoms with van der Waals surface area (Å²) >= 11 is 5.98. The Labute approximate surface area is 113 Å². The first-order valence-corrected chi connectivity index (χ1v) is 7.11. The fourth-order valence-corrected chi connectivity index (χ4v) is 2.89. The van der Waals surface area contributed by atoms with Gasteiger partial charge in [0.1, 0.15) is 12.1 Å². The molecule has 100 valence electrons. The van der Waals surface area contributed by atoms with Gasteiger partial charge in [-0.2, -0.15) is 0 Å². The van der Waals surface area contributed by atoms with Crippen molar-refractivity contribution in [1.82, 2.24) is 9.97 Å². The van der Waals surface area contributed by atoms with Gasteiger partial charge < -0.3 is 10.1 Å². The van der Waals surface area contributed by atoms with E-state index in [-0.39, 0.29) is 0 Å². The van der Waals surface area contributed by atoms with Gasteiger partial charge in [-0.3, -0.25) is 0 Å². The number of rotatable bonds is 6.